The third-order valence-electron chi connectivity index (χ3n) is 5.42. The molecule has 1 aliphatic carbocycles. The van der Waals surface area contributed by atoms with E-state index in [1.54, 1.807) is 17.0 Å². The predicted molar refractivity (Wildman–Crippen MR) is 97.0 cm³/mol. The van der Waals surface area contributed by atoms with Gasteiger partial charge in [0.05, 0.1) is 0 Å². The Balaban J connectivity index is 1.17. The number of halogens is 1. The van der Waals surface area contributed by atoms with Crippen molar-refractivity contribution in [3.8, 4) is 0 Å². The van der Waals surface area contributed by atoms with Gasteiger partial charge in [-0.1, -0.05) is 36.4 Å². The van der Waals surface area contributed by atoms with Crippen molar-refractivity contribution in [1.29, 1.82) is 0 Å². The maximum Gasteiger partial charge on any atom is 0.321 e. The zero-order valence-electron chi connectivity index (χ0n) is 14.2. The highest BCUT2D eigenvalue weighted by Gasteiger charge is 2.39. The normalized spacial score (nSPS) is 22.4. The van der Waals surface area contributed by atoms with Crippen LogP contribution in [0.15, 0.2) is 54.6 Å². The van der Waals surface area contributed by atoms with Gasteiger partial charge in [0.25, 0.3) is 0 Å². The standard InChI is InChI=1S/C21H23FN2O/c22-18-7-4-8-19(12-18)23-21(25)24-13-15(14-24)9-10-17-11-20(17)16-5-2-1-3-6-16/h1-8,12,15,17,20H,9-11,13-14H2,(H,23,25). The SMILES string of the molecule is O=C(Nc1cccc(F)c1)N1CC(CCC2CC2c2ccccc2)C1. The van der Waals surface area contributed by atoms with Gasteiger partial charge in [-0.3, -0.25) is 0 Å². The van der Waals surface area contributed by atoms with Gasteiger partial charge in [-0.15, -0.1) is 0 Å². The number of nitrogens with one attached hydrogen (secondary N) is 1. The fourth-order valence-corrected chi connectivity index (χ4v) is 3.81. The average molecular weight is 338 g/mol. The first-order valence-corrected chi connectivity index (χ1v) is 9.05. The zero-order chi connectivity index (χ0) is 17.2. The summed E-state index contributed by atoms with van der Waals surface area (Å²) < 4.78 is 13.1. The molecule has 1 aliphatic heterocycles. The Morgan fingerprint density at radius 2 is 1.88 bits per heavy atom. The van der Waals surface area contributed by atoms with E-state index in [2.05, 4.69) is 35.6 Å². The zero-order valence-corrected chi connectivity index (χ0v) is 14.2. The van der Waals surface area contributed by atoms with E-state index >= 15 is 0 Å². The summed E-state index contributed by atoms with van der Waals surface area (Å²) in [6.07, 6.45) is 3.75. The van der Waals surface area contributed by atoms with Crippen LogP contribution in [-0.4, -0.2) is 24.0 Å². The van der Waals surface area contributed by atoms with Crippen molar-refractivity contribution >= 4 is 11.7 Å². The van der Waals surface area contributed by atoms with Crippen molar-refractivity contribution in [2.24, 2.45) is 11.8 Å². The Morgan fingerprint density at radius 1 is 1.08 bits per heavy atom. The molecule has 2 aliphatic rings. The predicted octanol–water partition coefficient (Wildman–Crippen LogP) is 4.87. The number of urea groups is 1. The lowest BCUT2D eigenvalue weighted by atomic mass is 9.93. The first-order valence-electron chi connectivity index (χ1n) is 9.05. The second kappa shape index (κ2) is 6.87. The second-order valence-electron chi connectivity index (χ2n) is 7.30. The van der Waals surface area contributed by atoms with Crippen LogP contribution in [0, 0.1) is 17.7 Å². The fraction of sp³-hybridized carbons (Fsp3) is 0.381. The van der Waals surface area contributed by atoms with E-state index in [0.717, 1.165) is 24.9 Å². The van der Waals surface area contributed by atoms with E-state index in [0.29, 0.717) is 11.6 Å². The number of likely N-dealkylation sites (tertiary alicyclic amines) is 1. The van der Waals surface area contributed by atoms with Gasteiger partial charge in [0.2, 0.25) is 0 Å². The minimum Gasteiger partial charge on any atom is -0.324 e. The number of hydrogen-bond donors (Lipinski definition) is 1. The maximum atomic E-state index is 13.1. The van der Waals surface area contributed by atoms with Crippen molar-refractivity contribution in [3.05, 3.63) is 66.0 Å². The number of carbonyl (C=O) groups excluding carboxylic acids is 1. The smallest absolute Gasteiger partial charge is 0.321 e. The van der Waals surface area contributed by atoms with E-state index in [1.807, 2.05) is 0 Å². The van der Waals surface area contributed by atoms with E-state index in [4.69, 9.17) is 0 Å². The lowest BCUT2D eigenvalue weighted by molar-refractivity contribution is 0.123. The van der Waals surface area contributed by atoms with Crippen LogP contribution in [0.25, 0.3) is 0 Å². The third-order valence-corrected chi connectivity index (χ3v) is 5.42. The third kappa shape index (κ3) is 3.84. The maximum absolute atomic E-state index is 13.1. The van der Waals surface area contributed by atoms with Crippen LogP contribution in [0.3, 0.4) is 0 Å². The molecule has 2 aromatic rings. The molecule has 0 aromatic heterocycles. The summed E-state index contributed by atoms with van der Waals surface area (Å²) >= 11 is 0. The van der Waals surface area contributed by atoms with E-state index in [-0.39, 0.29) is 11.8 Å². The van der Waals surface area contributed by atoms with Crippen LogP contribution < -0.4 is 5.32 Å². The molecule has 3 nitrogen and oxygen atoms in total. The van der Waals surface area contributed by atoms with Crippen molar-refractivity contribution in [1.82, 2.24) is 4.90 Å². The Bertz CT molecular complexity index is 743. The first-order chi connectivity index (χ1) is 12.2. The van der Waals surface area contributed by atoms with Crippen LogP contribution in [0.5, 0.6) is 0 Å². The van der Waals surface area contributed by atoms with Gasteiger partial charge >= 0.3 is 6.03 Å². The molecule has 1 N–H and O–H groups in total. The molecular formula is C21H23FN2O. The van der Waals surface area contributed by atoms with Gasteiger partial charge in [0.1, 0.15) is 5.82 Å². The molecule has 0 radical (unpaired) electrons. The van der Waals surface area contributed by atoms with Gasteiger partial charge in [0.15, 0.2) is 0 Å². The van der Waals surface area contributed by atoms with Crippen LogP contribution in [0.4, 0.5) is 14.9 Å². The largest absolute Gasteiger partial charge is 0.324 e. The van der Waals surface area contributed by atoms with Crippen LogP contribution in [0.1, 0.15) is 30.7 Å². The topological polar surface area (TPSA) is 32.3 Å². The van der Waals surface area contributed by atoms with E-state index < -0.39 is 0 Å². The number of nitrogens with zero attached hydrogens (tertiary/aromatic N) is 1. The molecule has 2 amide bonds. The van der Waals surface area contributed by atoms with Crippen LogP contribution in [0.2, 0.25) is 0 Å². The highest BCUT2D eigenvalue weighted by molar-refractivity contribution is 5.89. The molecule has 2 aromatic carbocycles. The average Bonchev–Trinajstić information content (AvgIpc) is 3.34. The molecule has 0 spiro atoms. The molecule has 0 bridgehead atoms. The Kier molecular flexibility index (Phi) is 4.43. The van der Waals surface area contributed by atoms with Crippen LogP contribution >= 0.6 is 0 Å². The summed E-state index contributed by atoms with van der Waals surface area (Å²) in [5.41, 5.74) is 1.98. The number of rotatable bonds is 5. The van der Waals surface area contributed by atoms with Gasteiger partial charge < -0.3 is 10.2 Å². The number of hydrogen-bond acceptors (Lipinski definition) is 1. The summed E-state index contributed by atoms with van der Waals surface area (Å²) in [5.74, 6) is 1.83. The highest BCUT2D eigenvalue weighted by Crippen LogP contribution is 2.50. The Hall–Kier alpha value is -2.36. The number of benzene rings is 2. The molecule has 25 heavy (non-hydrogen) atoms. The quantitative estimate of drug-likeness (QED) is 0.828. The van der Waals surface area contributed by atoms with Crippen LogP contribution in [-0.2, 0) is 0 Å². The van der Waals surface area contributed by atoms with Crippen molar-refractivity contribution in [2.45, 2.75) is 25.2 Å². The molecule has 2 atom stereocenters. The molecule has 2 fully saturated rings. The minimum atomic E-state index is -0.336. The fourth-order valence-electron chi connectivity index (χ4n) is 3.81. The lowest BCUT2D eigenvalue weighted by Crippen LogP contribution is -2.51. The van der Waals surface area contributed by atoms with Gasteiger partial charge in [0, 0.05) is 18.8 Å². The van der Waals surface area contributed by atoms with Crippen molar-refractivity contribution < 1.29 is 9.18 Å². The molecule has 1 heterocycles. The van der Waals surface area contributed by atoms with Crippen molar-refractivity contribution in [3.63, 3.8) is 0 Å². The molecular weight excluding hydrogens is 315 g/mol. The minimum absolute atomic E-state index is 0.129. The van der Waals surface area contributed by atoms with E-state index in [9.17, 15) is 9.18 Å². The summed E-state index contributed by atoms with van der Waals surface area (Å²) in [6, 6.07) is 16.6. The van der Waals surface area contributed by atoms with Gasteiger partial charge in [-0.05, 0) is 60.8 Å². The molecule has 2 unspecified atom stereocenters. The summed E-state index contributed by atoms with van der Waals surface area (Å²) in [6.45, 7) is 1.62. The second-order valence-corrected chi connectivity index (χ2v) is 7.30. The number of carbonyl (C=O) groups is 1. The lowest BCUT2D eigenvalue weighted by Gasteiger charge is -2.39. The molecule has 4 heteroatoms. The number of anilines is 1. The van der Waals surface area contributed by atoms with Gasteiger partial charge in [-0.25, -0.2) is 9.18 Å². The monoisotopic (exact) mass is 338 g/mol. The highest BCUT2D eigenvalue weighted by atomic mass is 19.1. The Morgan fingerprint density at radius 3 is 2.64 bits per heavy atom. The summed E-state index contributed by atoms with van der Waals surface area (Å²) in [5, 5.41) is 2.76. The molecule has 1 saturated heterocycles. The van der Waals surface area contributed by atoms with Gasteiger partial charge in [-0.2, -0.15) is 0 Å². The molecule has 1 saturated carbocycles. The molecule has 130 valence electrons. The van der Waals surface area contributed by atoms with Crippen molar-refractivity contribution in [2.75, 3.05) is 18.4 Å². The summed E-state index contributed by atoms with van der Waals surface area (Å²) in [7, 11) is 0. The van der Waals surface area contributed by atoms with E-state index in [1.165, 1.54) is 37.0 Å². The number of amides is 2. The first kappa shape index (κ1) is 16.1. The Labute approximate surface area is 147 Å². The molecule has 4 rings (SSSR count). The summed E-state index contributed by atoms with van der Waals surface area (Å²) in [4.78, 5) is 13.9.